The Morgan fingerprint density at radius 1 is 1.12 bits per heavy atom. The van der Waals surface area contributed by atoms with Gasteiger partial charge >= 0.3 is 0 Å². The van der Waals surface area contributed by atoms with Gasteiger partial charge in [0, 0.05) is 24.5 Å². The predicted octanol–water partition coefficient (Wildman–Crippen LogP) is 3.21. The van der Waals surface area contributed by atoms with Crippen molar-refractivity contribution in [2.24, 2.45) is 0 Å². The number of hydrogen-bond donors (Lipinski definition) is 1. The Morgan fingerprint density at radius 3 is 2.38 bits per heavy atom. The SMILES string of the molecule is N#C/C(=C\c1ccc(N2CCOCC2)cc1)C(=O)Nc1ccc(F)cc1. The lowest BCUT2D eigenvalue weighted by Gasteiger charge is -2.28. The Bertz CT molecular complexity index is 833. The molecule has 0 aliphatic carbocycles. The van der Waals surface area contributed by atoms with Crippen molar-refractivity contribution >= 4 is 23.4 Å². The van der Waals surface area contributed by atoms with Crippen molar-refractivity contribution in [2.45, 2.75) is 0 Å². The van der Waals surface area contributed by atoms with Crippen molar-refractivity contribution < 1.29 is 13.9 Å². The molecule has 3 rings (SSSR count). The number of halogens is 1. The van der Waals surface area contributed by atoms with E-state index < -0.39 is 5.91 Å². The highest BCUT2D eigenvalue weighted by Gasteiger charge is 2.12. The number of nitrogens with one attached hydrogen (secondary N) is 1. The summed E-state index contributed by atoms with van der Waals surface area (Å²) in [7, 11) is 0. The summed E-state index contributed by atoms with van der Waals surface area (Å²) in [5.74, 6) is -0.921. The number of anilines is 2. The predicted molar refractivity (Wildman–Crippen MR) is 98.1 cm³/mol. The monoisotopic (exact) mass is 351 g/mol. The van der Waals surface area contributed by atoms with Crippen LogP contribution in [0.1, 0.15) is 5.56 Å². The molecule has 5 nitrogen and oxygen atoms in total. The average molecular weight is 351 g/mol. The summed E-state index contributed by atoms with van der Waals surface area (Å²) in [4.78, 5) is 14.5. The number of rotatable bonds is 4. The Labute approximate surface area is 151 Å². The molecule has 0 saturated carbocycles. The Morgan fingerprint density at radius 2 is 1.77 bits per heavy atom. The Balaban J connectivity index is 1.70. The smallest absolute Gasteiger partial charge is 0.266 e. The second-order valence-corrected chi connectivity index (χ2v) is 5.82. The molecule has 2 aromatic rings. The molecule has 6 heteroatoms. The Kier molecular flexibility index (Phi) is 5.62. The van der Waals surface area contributed by atoms with Crippen LogP contribution in [-0.2, 0) is 9.53 Å². The second kappa shape index (κ2) is 8.28. The molecule has 0 aromatic heterocycles. The zero-order chi connectivity index (χ0) is 18.4. The highest BCUT2D eigenvalue weighted by molar-refractivity contribution is 6.09. The lowest BCUT2D eigenvalue weighted by molar-refractivity contribution is -0.112. The molecule has 0 radical (unpaired) electrons. The van der Waals surface area contributed by atoms with Gasteiger partial charge in [0.1, 0.15) is 17.5 Å². The fourth-order valence-corrected chi connectivity index (χ4v) is 2.65. The maximum absolute atomic E-state index is 12.9. The van der Waals surface area contributed by atoms with E-state index in [0.29, 0.717) is 18.9 Å². The number of carbonyl (C=O) groups is 1. The van der Waals surface area contributed by atoms with Gasteiger partial charge in [0.15, 0.2) is 0 Å². The summed E-state index contributed by atoms with van der Waals surface area (Å²) < 4.78 is 18.3. The summed E-state index contributed by atoms with van der Waals surface area (Å²) in [6.07, 6.45) is 1.53. The molecule has 1 N–H and O–H groups in total. The molecule has 1 heterocycles. The summed E-state index contributed by atoms with van der Waals surface area (Å²) in [6.45, 7) is 3.12. The van der Waals surface area contributed by atoms with Crippen LogP contribution in [0.4, 0.5) is 15.8 Å². The fourth-order valence-electron chi connectivity index (χ4n) is 2.65. The van der Waals surface area contributed by atoms with Gasteiger partial charge in [-0.2, -0.15) is 5.26 Å². The van der Waals surface area contributed by atoms with E-state index in [9.17, 15) is 14.4 Å². The third-order valence-electron chi connectivity index (χ3n) is 4.05. The van der Waals surface area contributed by atoms with Crippen molar-refractivity contribution in [3.8, 4) is 6.07 Å². The van der Waals surface area contributed by atoms with Crippen LogP contribution in [0.5, 0.6) is 0 Å². The third kappa shape index (κ3) is 4.47. The van der Waals surface area contributed by atoms with Gasteiger partial charge in [-0.1, -0.05) is 12.1 Å². The molecule has 1 amide bonds. The van der Waals surface area contributed by atoms with Gasteiger partial charge in [-0.15, -0.1) is 0 Å². The maximum atomic E-state index is 12.9. The van der Waals surface area contributed by atoms with E-state index in [1.54, 1.807) is 0 Å². The van der Waals surface area contributed by atoms with E-state index >= 15 is 0 Å². The summed E-state index contributed by atoms with van der Waals surface area (Å²) in [6, 6.07) is 14.9. The number of carbonyl (C=O) groups excluding carboxylic acids is 1. The molecule has 2 aromatic carbocycles. The topological polar surface area (TPSA) is 65.4 Å². The van der Waals surface area contributed by atoms with Crippen LogP contribution in [0.2, 0.25) is 0 Å². The van der Waals surface area contributed by atoms with Crippen LogP contribution in [0.15, 0.2) is 54.1 Å². The number of amides is 1. The first-order valence-electron chi connectivity index (χ1n) is 8.27. The highest BCUT2D eigenvalue weighted by atomic mass is 19.1. The average Bonchev–Trinajstić information content (AvgIpc) is 2.69. The van der Waals surface area contributed by atoms with Crippen molar-refractivity contribution in [2.75, 3.05) is 36.5 Å². The van der Waals surface area contributed by atoms with Gasteiger partial charge in [0.25, 0.3) is 5.91 Å². The van der Waals surface area contributed by atoms with Crippen molar-refractivity contribution in [1.29, 1.82) is 5.26 Å². The first-order valence-corrected chi connectivity index (χ1v) is 8.27. The second-order valence-electron chi connectivity index (χ2n) is 5.82. The first kappa shape index (κ1) is 17.6. The van der Waals surface area contributed by atoms with E-state index in [-0.39, 0.29) is 11.4 Å². The molecular formula is C20H18FN3O2. The van der Waals surface area contributed by atoms with Crippen LogP contribution < -0.4 is 10.2 Å². The molecule has 1 aliphatic heterocycles. The largest absolute Gasteiger partial charge is 0.378 e. The van der Waals surface area contributed by atoms with Gasteiger partial charge in [0.05, 0.1) is 13.2 Å². The zero-order valence-corrected chi connectivity index (χ0v) is 14.1. The minimum Gasteiger partial charge on any atom is -0.378 e. The van der Waals surface area contributed by atoms with E-state index in [0.717, 1.165) is 24.3 Å². The molecule has 0 unspecified atom stereocenters. The van der Waals surface area contributed by atoms with Gasteiger partial charge in [-0.25, -0.2) is 4.39 Å². The van der Waals surface area contributed by atoms with Crippen molar-refractivity contribution in [3.05, 3.63) is 65.5 Å². The molecule has 1 aliphatic rings. The van der Waals surface area contributed by atoms with Gasteiger partial charge < -0.3 is 15.0 Å². The van der Waals surface area contributed by atoms with Gasteiger partial charge in [0.2, 0.25) is 0 Å². The standard InChI is InChI=1S/C20H18FN3O2/c21-17-3-5-18(6-4-17)23-20(25)16(14-22)13-15-1-7-19(8-2-15)24-9-11-26-12-10-24/h1-8,13H,9-12H2,(H,23,25)/b16-13+. The maximum Gasteiger partial charge on any atom is 0.266 e. The van der Waals surface area contributed by atoms with E-state index in [4.69, 9.17) is 4.74 Å². The summed E-state index contributed by atoms with van der Waals surface area (Å²) in [5.41, 5.74) is 2.25. The molecule has 26 heavy (non-hydrogen) atoms. The van der Waals surface area contributed by atoms with Crippen molar-refractivity contribution in [3.63, 3.8) is 0 Å². The fraction of sp³-hybridized carbons (Fsp3) is 0.200. The van der Waals surface area contributed by atoms with E-state index in [1.165, 1.54) is 30.3 Å². The molecule has 1 saturated heterocycles. The van der Waals surface area contributed by atoms with Crippen LogP contribution in [0.25, 0.3) is 6.08 Å². The summed E-state index contributed by atoms with van der Waals surface area (Å²) >= 11 is 0. The van der Waals surface area contributed by atoms with Gasteiger partial charge in [-0.05, 0) is 48.0 Å². The third-order valence-corrected chi connectivity index (χ3v) is 4.05. The first-order chi connectivity index (χ1) is 12.7. The number of benzene rings is 2. The molecular weight excluding hydrogens is 333 g/mol. The number of morpholine rings is 1. The quantitative estimate of drug-likeness (QED) is 0.679. The van der Waals surface area contributed by atoms with Crippen LogP contribution in [0.3, 0.4) is 0 Å². The molecule has 1 fully saturated rings. The normalized spacial score (nSPS) is 14.6. The lowest BCUT2D eigenvalue weighted by Crippen LogP contribution is -2.36. The molecule has 0 spiro atoms. The van der Waals surface area contributed by atoms with Crippen LogP contribution in [-0.4, -0.2) is 32.2 Å². The minimum atomic E-state index is -0.531. The number of hydrogen-bond acceptors (Lipinski definition) is 4. The molecule has 0 atom stereocenters. The molecule has 0 bridgehead atoms. The highest BCUT2D eigenvalue weighted by Crippen LogP contribution is 2.18. The number of nitrogens with zero attached hydrogens (tertiary/aromatic N) is 2. The van der Waals surface area contributed by atoms with E-state index in [1.807, 2.05) is 30.3 Å². The minimum absolute atomic E-state index is 0.0200. The number of nitriles is 1. The summed E-state index contributed by atoms with van der Waals surface area (Å²) in [5, 5.41) is 11.9. The zero-order valence-electron chi connectivity index (χ0n) is 14.1. The molecule has 132 valence electrons. The van der Waals surface area contributed by atoms with E-state index in [2.05, 4.69) is 10.2 Å². The van der Waals surface area contributed by atoms with Crippen LogP contribution in [0, 0.1) is 17.1 Å². The van der Waals surface area contributed by atoms with Gasteiger partial charge in [-0.3, -0.25) is 4.79 Å². The number of ether oxygens (including phenoxy) is 1. The Hall–Kier alpha value is -3.17. The lowest BCUT2D eigenvalue weighted by atomic mass is 10.1. The van der Waals surface area contributed by atoms with Crippen molar-refractivity contribution in [1.82, 2.24) is 0 Å². The van der Waals surface area contributed by atoms with Crippen LogP contribution >= 0.6 is 0 Å².